The van der Waals surface area contributed by atoms with E-state index in [-0.39, 0.29) is 5.56 Å². The van der Waals surface area contributed by atoms with Gasteiger partial charge >= 0.3 is 0 Å². The van der Waals surface area contributed by atoms with Crippen molar-refractivity contribution in [1.82, 2.24) is 24.1 Å². The molecule has 2 aliphatic rings. The minimum atomic E-state index is -1.21. The summed E-state index contributed by atoms with van der Waals surface area (Å²) in [7, 11) is 0.507. The number of piperidine rings is 1. The number of anilines is 1. The Morgan fingerprint density at radius 3 is 2.52 bits per heavy atom. The second-order valence-corrected chi connectivity index (χ2v) is 19.0. The van der Waals surface area contributed by atoms with Crippen molar-refractivity contribution in [2.24, 2.45) is 13.0 Å². The van der Waals surface area contributed by atoms with Gasteiger partial charge in [0.15, 0.2) is 5.65 Å². The summed E-state index contributed by atoms with van der Waals surface area (Å²) < 4.78 is 9.76. The van der Waals surface area contributed by atoms with E-state index in [2.05, 4.69) is 36.4 Å². The lowest BCUT2D eigenvalue weighted by Gasteiger charge is -2.38. The lowest BCUT2D eigenvalue weighted by molar-refractivity contribution is 0.0899. The number of halogens is 1. The average Bonchev–Trinajstić information content (AvgIpc) is 3.38. The second kappa shape index (κ2) is 10.3. The summed E-state index contributed by atoms with van der Waals surface area (Å²) in [6.45, 7) is 12.3. The number of aryl methyl sites for hydroxylation is 1. The van der Waals surface area contributed by atoms with Gasteiger partial charge in [0.05, 0.1) is 22.1 Å². The number of fused-ring (bicyclic) bond motifs is 4. The number of rotatable bonds is 7. The minimum absolute atomic E-state index is 0.157. The van der Waals surface area contributed by atoms with Gasteiger partial charge in [0, 0.05) is 51.1 Å². The molecule has 0 spiro atoms. The number of hydrogen-bond donors (Lipinski definition) is 0. The quantitative estimate of drug-likeness (QED) is 0.187. The fourth-order valence-corrected chi connectivity index (χ4v) is 7.56. The highest BCUT2D eigenvalue weighted by Gasteiger charge is 2.40. The molecule has 2 fully saturated rings. The van der Waals surface area contributed by atoms with Crippen LogP contribution in [0.4, 0.5) is 5.82 Å². The van der Waals surface area contributed by atoms with E-state index < -0.39 is 8.07 Å². The van der Waals surface area contributed by atoms with E-state index in [0.717, 1.165) is 40.1 Å². The average molecular weight is 579 g/mol. The highest BCUT2D eigenvalue weighted by atomic mass is 35.5. The van der Waals surface area contributed by atoms with E-state index in [1.165, 1.54) is 30.3 Å². The molecule has 212 valence electrons. The monoisotopic (exact) mass is 578 g/mol. The topological polar surface area (TPSA) is 78.1 Å². The zero-order valence-corrected chi connectivity index (χ0v) is 26.1. The predicted molar refractivity (Wildman–Crippen MR) is 165 cm³/mol. The lowest BCUT2D eigenvalue weighted by Crippen LogP contribution is -2.43. The molecule has 10 heteroatoms. The smallest absolute Gasteiger partial charge is 0.262 e. The fraction of sp³-hybridized carbons (Fsp3) is 0.533. The third kappa shape index (κ3) is 4.86. The summed E-state index contributed by atoms with van der Waals surface area (Å²) >= 11 is 6.96. The number of nitrogens with zero attached hydrogens (tertiary/aromatic N) is 6. The number of ether oxygens (including phenoxy) is 1. The first kappa shape index (κ1) is 27.4. The molecular formula is C30H39ClN6O2Si. The zero-order chi connectivity index (χ0) is 28.3. The van der Waals surface area contributed by atoms with Crippen molar-refractivity contribution in [3.05, 3.63) is 45.7 Å². The van der Waals surface area contributed by atoms with Crippen LogP contribution < -0.4 is 10.5 Å². The maximum Gasteiger partial charge on any atom is 0.262 e. The maximum atomic E-state index is 13.2. The Kier molecular flexibility index (Phi) is 7.03. The van der Waals surface area contributed by atoms with Crippen LogP contribution in [0.15, 0.2) is 29.3 Å². The zero-order valence-electron chi connectivity index (χ0n) is 24.4. The highest BCUT2D eigenvalue weighted by molar-refractivity contribution is 6.76. The normalized spacial score (nSPS) is 21.2. The molecular weight excluding hydrogens is 540 g/mol. The Morgan fingerprint density at radius 1 is 1.10 bits per heavy atom. The molecule has 2 aliphatic heterocycles. The van der Waals surface area contributed by atoms with Gasteiger partial charge in [-0.2, -0.15) is 0 Å². The molecule has 1 aromatic carbocycles. The molecule has 0 amide bonds. The molecule has 0 saturated carbocycles. The summed E-state index contributed by atoms with van der Waals surface area (Å²) in [6, 6.07) is 5.95. The first-order valence-corrected chi connectivity index (χ1v) is 18.5. The molecule has 0 radical (unpaired) electrons. The molecule has 8 nitrogen and oxygen atoms in total. The maximum absolute atomic E-state index is 13.2. The fourth-order valence-electron chi connectivity index (χ4n) is 6.46. The summed E-state index contributed by atoms with van der Waals surface area (Å²) in [5.74, 6) is 2.34. The molecule has 0 aliphatic carbocycles. The van der Waals surface area contributed by atoms with Crippen molar-refractivity contribution >= 4 is 47.6 Å². The van der Waals surface area contributed by atoms with E-state index in [1.54, 1.807) is 7.05 Å². The predicted octanol–water partition coefficient (Wildman–Crippen LogP) is 6.39. The van der Waals surface area contributed by atoms with Crippen LogP contribution in [0.25, 0.3) is 33.2 Å². The summed E-state index contributed by atoms with van der Waals surface area (Å²) in [6.07, 6.45) is 8.79. The van der Waals surface area contributed by atoms with E-state index in [0.29, 0.717) is 47.2 Å². The van der Waals surface area contributed by atoms with Crippen LogP contribution in [0.5, 0.6) is 0 Å². The molecule has 0 N–H and O–H groups in total. The minimum Gasteiger partial charge on any atom is -0.361 e. The number of benzene rings is 1. The summed E-state index contributed by atoms with van der Waals surface area (Å²) in [4.78, 5) is 30.4. The number of hydrogen-bond acceptors (Lipinski definition) is 6. The Labute approximate surface area is 241 Å². The Balaban J connectivity index is 1.45. The van der Waals surface area contributed by atoms with Crippen molar-refractivity contribution < 1.29 is 4.74 Å². The second-order valence-electron chi connectivity index (χ2n) is 13.0. The van der Waals surface area contributed by atoms with Crippen molar-refractivity contribution in [2.75, 3.05) is 11.5 Å². The Hall–Kier alpha value is -2.75. The third-order valence-electron chi connectivity index (χ3n) is 8.71. The van der Waals surface area contributed by atoms with E-state index in [4.69, 9.17) is 26.3 Å². The first-order chi connectivity index (χ1) is 19.0. The molecule has 6 rings (SSSR count). The van der Waals surface area contributed by atoms with Gasteiger partial charge in [-0.15, -0.1) is 0 Å². The van der Waals surface area contributed by atoms with E-state index in [9.17, 15) is 4.79 Å². The molecule has 40 heavy (non-hydrogen) atoms. The van der Waals surface area contributed by atoms with Gasteiger partial charge in [0.2, 0.25) is 0 Å². The van der Waals surface area contributed by atoms with Crippen LogP contribution in [0, 0.1) is 12.8 Å². The van der Waals surface area contributed by atoms with Crippen molar-refractivity contribution in [3.63, 3.8) is 0 Å². The standard InChI is InChI=1S/C30H39ClN6O2Si/c1-18-13-20-7-8-21(14-18)37(20)25-15-32-28-23(16-36(29(28)34-25)17-39-11-12-40(4,5)6)22-9-10-24-26(27(22)31)30(38)35(3)19(2)33-24/h9-10,15-16,18,20-21H,7-8,11-14,17H2,1-6H3/t18?,20-,21+. The van der Waals surface area contributed by atoms with Gasteiger partial charge in [-0.25, -0.2) is 15.0 Å². The van der Waals surface area contributed by atoms with Crippen LogP contribution in [0.3, 0.4) is 0 Å². The molecule has 5 heterocycles. The lowest BCUT2D eigenvalue weighted by atomic mass is 9.92. The number of aromatic nitrogens is 5. The molecule has 4 aromatic rings. The van der Waals surface area contributed by atoms with Crippen molar-refractivity contribution in [3.8, 4) is 11.1 Å². The summed E-state index contributed by atoms with van der Waals surface area (Å²) in [5, 5.41) is 0.807. The summed E-state index contributed by atoms with van der Waals surface area (Å²) in [5.41, 5.74) is 3.56. The van der Waals surface area contributed by atoms with Crippen LogP contribution in [-0.4, -0.2) is 50.9 Å². The van der Waals surface area contributed by atoms with Crippen LogP contribution in [0.2, 0.25) is 30.7 Å². The van der Waals surface area contributed by atoms with Gasteiger partial charge in [0.25, 0.3) is 5.56 Å². The SMILES string of the molecule is Cc1nc2ccc(-c3cn(COCC[Si](C)(C)C)c4nc(N5[C@@H]6CC[C@H]5CC(C)C6)cnc34)c(Cl)c2c(=O)n1C. The molecule has 1 unspecified atom stereocenters. The highest BCUT2D eigenvalue weighted by Crippen LogP contribution is 2.42. The Bertz CT molecular complexity index is 1640. The molecule has 2 saturated heterocycles. The van der Waals surface area contributed by atoms with Gasteiger partial charge in [-0.05, 0) is 50.6 Å². The molecule has 3 aromatic heterocycles. The Morgan fingerprint density at radius 2 is 1.82 bits per heavy atom. The van der Waals surface area contributed by atoms with Gasteiger partial charge in [-0.3, -0.25) is 9.36 Å². The van der Waals surface area contributed by atoms with E-state index in [1.807, 2.05) is 36.0 Å². The molecule has 3 atom stereocenters. The van der Waals surface area contributed by atoms with Gasteiger partial charge < -0.3 is 14.2 Å². The largest absolute Gasteiger partial charge is 0.361 e. The van der Waals surface area contributed by atoms with Crippen molar-refractivity contribution in [1.29, 1.82) is 0 Å². The van der Waals surface area contributed by atoms with Crippen molar-refractivity contribution in [2.45, 2.75) is 84.0 Å². The van der Waals surface area contributed by atoms with Gasteiger partial charge in [-0.1, -0.05) is 44.2 Å². The first-order valence-electron chi connectivity index (χ1n) is 14.4. The van der Waals surface area contributed by atoms with E-state index >= 15 is 0 Å². The van der Waals surface area contributed by atoms with Gasteiger partial charge in [0.1, 0.15) is 23.9 Å². The van der Waals surface area contributed by atoms with Crippen LogP contribution >= 0.6 is 11.6 Å². The van der Waals surface area contributed by atoms with Crippen LogP contribution in [-0.2, 0) is 18.5 Å². The third-order valence-corrected chi connectivity index (χ3v) is 10.8. The van der Waals surface area contributed by atoms with Crippen LogP contribution in [0.1, 0.15) is 38.4 Å². The molecule has 2 bridgehead atoms.